The van der Waals surface area contributed by atoms with Gasteiger partial charge in [-0.25, -0.2) is 0 Å². The van der Waals surface area contributed by atoms with Crippen molar-refractivity contribution in [2.24, 2.45) is 35.5 Å². The van der Waals surface area contributed by atoms with Gasteiger partial charge in [-0.2, -0.15) is 0 Å². The number of amides is 2. The Morgan fingerprint density at radius 3 is 2.06 bits per heavy atom. The summed E-state index contributed by atoms with van der Waals surface area (Å²) in [4.78, 5) is 40.0. The molecule has 3 fully saturated rings. The van der Waals surface area contributed by atoms with Crippen LogP contribution in [0, 0.1) is 35.5 Å². The molecular weight excluding hydrogens is 414 g/mol. The lowest BCUT2D eigenvalue weighted by molar-refractivity contribution is -0.124. The number of imide groups is 1. The molecule has 0 spiro atoms. The summed E-state index contributed by atoms with van der Waals surface area (Å²) in [6.45, 7) is -0.107. The quantitative estimate of drug-likeness (QED) is 0.403. The van der Waals surface area contributed by atoms with E-state index in [0.717, 1.165) is 6.42 Å². The van der Waals surface area contributed by atoms with Crippen molar-refractivity contribution in [3.63, 3.8) is 0 Å². The first-order chi connectivity index (χ1) is 15.0. The number of ether oxygens (including phenoxy) is 1. The molecule has 6 heteroatoms. The molecule has 6 atom stereocenters. The van der Waals surface area contributed by atoms with Crippen LogP contribution in [-0.4, -0.2) is 24.2 Å². The molecule has 2 aromatic rings. The van der Waals surface area contributed by atoms with Crippen molar-refractivity contribution in [1.82, 2.24) is 0 Å². The summed E-state index contributed by atoms with van der Waals surface area (Å²) in [6.07, 6.45) is 5.49. The Bertz CT molecular complexity index is 1090. The standard InChI is InChI=1S/C25H20ClNO4/c26-14-3-1-13(2-4-14)21(28)12-31-16-7-5-15(6-8-16)27-24(29)22-17-9-10-18(20-11-19(17)20)23(22)25(27)30/h1-10,17-20,22-23H,11-12H2/t17-,18-,19-,20+,22-,23+/m0/s1. The van der Waals surface area contributed by atoms with Gasteiger partial charge in [0.25, 0.3) is 0 Å². The van der Waals surface area contributed by atoms with Crippen molar-refractivity contribution in [3.8, 4) is 5.75 Å². The van der Waals surface area contributed by atoms with Crippen molar-refractivity contribution in [3.05, 3.63) is 71.3 Å². The maximum absolute atomic E-state index is 13.2. The molecule has 0 aromatic heterocycles. The van der Waals surface area contributed by atoms with Crippen LogP contribution in [-0.2, 0) is 9.59 Å². The van der Waals surface area contributed by atoms with Crippen LogP contribution in [0.5, 0.6) is 5.75 Å². The first kappa shape index (κ1) is 18.8. The number of hydrogen-bond acceptors (Lipinski definition) is 4. The van der Waals surface area contributed by atoms with Gasteiger partial charge in [-0.3, -0.25) is 19.3 Å². The molecule has 2 saturated carbocycles. The Hall–Kier alpha value is -2.92. The average molecular weight is 434 g/mol. The topological polar surface area (TPSA) is 63.7 Å². The van der Waals surface area contributed by atoms with Crippen molar-refractivity contribution < 1.29 is 19.1 Å². The molecule has 2 aromatic carbocycles. The van der Waals surface area contributed by atoms with Gasteiger partial charge < -0.3 is 4.74 Å². The predicted octanol–water partition coefficient (Wildman–Crippen LogP) is 4.16. The third kappa shape index (κ3) is 2.87. The molecule has 0 N–H and O–H groups in total. The molecule has 7 rings (SSSR count). The molecule has 5 nitrogen and oxygen atoms in total. The molecular formula is C25H20ClNO4. The summed E-state index contributed by atoms with van der Waals surface area (Å²) in [6, 6.07) is 13.5. The van der Waals surface area contributed by atoms with Crippen LogP contribution >= 0.6 is 11.6 Å². The van der Waals surface area contributed by atoms with E-state index in [-0.39, 0.29) is 47.9 Å². The first-order valence-electron chi connectivity index (χ1n) is 10.6. The first-order valence-corrected chi connectivity index (χ1v) is 11.0. The number of Topliss-reactive ketones (excluding diaryl/α,β-unsaturated/α-hetero) is 1. The smallest absolute Gasteiger partial charge is 0.238 e. The zero-order chi connectivity index (χ0) is 21.3. The molecule has 156 valence electrons. The lowest BCUT2D eigenvalue weighted by Crippen LogP contribution is -2.40. The van der Waals surface area contributed by atoms with Gasteiger partial charge in [0.15, 0.2) is 12.4 Å². The number of benzene rings is 2. The van der Waals surface area contributed by atoms with E-state index in [2.05, 4.69) is 12.2 Å². The van der Waals surface area contributed by atoms with Gasteiger partial charge in [0.1, 0.15) is 5.75 Å². The fourth-order valence-corrected chi connectivity index (χ4v) is 5.90. The maximum atomic E-state index is 13.2. The lowest BCUT2D eigenvalue weighted by atomic mass is 9.63. The zero-order valence-electron chi connectivity index (χ0n) is 16.6. The van der Waals surface area contributed by atoms with E-state index >= 15 is 0 Å². The molecule has 1 heterocycles. The van der Waals surface area contributed by atoms with E-state index in [1.807, 2.05) is 0 Å². The predicted molar refractivity (Wildman–Crippen MR) is 115 cm³/mol. The van der Waals surface area contributed by atoms with Crippen molar-refractivity contribution in [1.29, 1.82) is 0 Å². The third-order valence-electron chi connectivity index (χ3n) is 7.29. The van der Waals surface area contributed by atoms with Crippen LogP contribution < -0.4 is 9.64 Å². The number of allylic oxidation sites excluding steroid dienone is 2. The highest BCUT2D eigenvalue weighted by atomic mass is 35.5. The summed E-state index contributed by atoms with van der Waals surface area (Å²) < 4.78 is 5.60. The molecule has 2 amide bonds. The van der Waals surface area contributed by atoms with Gasteiger partial charge >= 0.3 is 0 Å². The highest BCUT2D eigenvalue weighted by Crippen LogP contribution is 2.65. The van der Waals surface area contributed by atoms with E-state index in [4.69, 9.17) is 16.3 Å². The average Bonchev–Trinajstić information content (AvgIpc) is 3.56. The summed E-state index contributed by atoms with van der Waals surface area (Å²) in [7, 11) is 0. The van der Waals surface area contributed by atoms with Crippen LogP contribution in [0.3, 0.4) is 0 Å². The maximum Gasteiger partial charge on any atom is 0.238 e. The second-order valence-electron chi connectivity index (χ2n) is 8.88. The van der Waals surface area contributed by atoms with E-state index in [9.17, 15) is 14.4 Å². The fourth-order valence-electron chi connectivity index (χ4n) is 5.77. The summed E-state index contributed by atoms with van der Waals surface area (Å²) in [5.74, 6) is 1.37. The molecule has 5 aliphatic rings. The Morgan fingerprint density at radius 2 is 1.48 bits per heavy atom. The van der Waals surface area contributed by atoms with E-state index < -0.39 is 0 Å². The Morgan fingerprint density at radius 1 is 0.903 bits per heavy atom. The molecule has 0 radical (unpaired) electrons. The zero-order valence-corrected chi connectivity index (χ0v) is 17.4. The molecule has 1 aliphatic heterocycles. The minimum absolute atomic E-state index is 0.0775. The van der Waals surface area contributed by atoms with Crippen LogP contribution in [0.15, 0.2) is 60.7 Å². The summed E-state index contributed by atoms with van der Waals surface area (Å²) in [5.41, 5.74) is 1.09. The number of ketones is 1. The SMILES string of the molecule is O=C(COc1ccc(N2C(=O)[C@@H]3[C@H]4C=C[C@@H]([C@@H]5C[C@H]45)[C@@H]3C2=O)cc1)c1ccc(Cl)cc1. The molecule has 4 aliphatic carbocycles. The van der Waals surface area contributed by atoms with Gasteiger partial charge in [0.05, 0.1) is 17.5 Å². The number of carbonyl (C=O) groups excluding carboxylic acids is 3. The van der Waals surface area contributed by atoms with Crippen LogP contribution in [0.25, 0.3) is 0 Å². The van der Waals surface area contributed by atoms with Gasteiger partial charge in [-0.15, -0.1) is 0 Å². The van der Waals surface area contributed by atoms with Gasteiger partial charge in [0, 0.05) is 10.6 Å². The van der Waals surface area contributed by atoms with Crippen molar-refractivity contribution in [2.45, 2.75) is 6.42 Å². The summed E-state index contributed by atoms with van der Waals surface area (Å²) in [5, 5.41) is 0.569. The minimum atomic E-state index is -0.209. The highest BCUT2D eigenvalue weighted by molar-refractivity contribution is 6.30. The molecule has 31 heavy (non-hydrogen) atoms. The summed E-state index contributed by atoms with van der Waals surface area (Å²) >= 11 is 5.85. The number of nitrogens with zero attached hydrogens (tertiary/aromatic N) is 1. The monoisotopic (exact) mass is 433 g/mol. The molecule has 1 saturated heterocycles. The van der Waals surface area contributed by atoms with Crippen molar-refractivity contribution >= 4 is 34.9 Å². The van der Waals surface area contributed by atoms with E-state index in [1.54, 1.807) is 48.5 Å². The third-order valence-corrected chi connectivity index (χ3v) is 7.55. The van der Waals surface area contributed by atoms with E-state index in [0.29, 0.717) is 33.9 Å². The van der Waals surface area contributed by atoms with Gasteiger partial charge in [-0.05, 0) is 78.6 Å². The van der Waals surface area contributed by atoms with Gasteiger partial charge in [0.2, 0.25) is 11.8 Å². The number of carbonyl (C=O) groups is 3. The Balaban J connectivity index is 1.16. The second-order valence-corrected chi connectivity index (χ2v) is 9.32. The second kappa shape index (κ2) is 6.79. The number of rotatable bonds is 5. The number of anilines is 1. The van der Waals surface area contributed by atoms with Crippen LogP contribution in [0.2, 0.25) is 5.02 Å². The Kier molecular flexibility index (Phi) is 4.12. The number of hydrogen-bond donors (Lipinski definition) is 0. The molecule has 0 unspecified atom stereocenters. The number of halogens is 1. The fraction of sp³-hybridized carbons (Fsp3) is 0.320. The van der Waals surface area contributed by atoms with E-state index in [1.165, 1.54) is 4.90 Å². The van der Waals surface area contributed by atoms with Crippen molar-refractivity contribution in [2.75, 3.05) is 11.5 Å². The van der Waals surface area contributed by atoms with Gasteiger partial charge in [-0.1, -0.05) is 23.8 Å². The largest absolute Gasteiger partial charge is 0.485 e. The van der Waals surface area contributed by atoms with Crippen LogP contribution in [0.4, 0.5) is 5.69 Å². The highest BCUT2D eigenvalue weighted by Gasteiger charge is 2.67. The lowest BCUT2D eigenvalue weighted by Gasteiger charge is -2.37. The van der Waals surface area contributed by atoms with Crippen LogP contribution in [0.1, 0.15) is 16.8 Å². The molecule has 2 bridgehead atoms. The Labute approximate surface area is 184 Å². The minimum Gasteiger partial charge on any atom is -0.485 e. The normalized spacial score (nSPS) is 32.1.